The summed E-state index contributed by atoms with van der Waals surface area (Å²) in [5, 5.41) is 11.8. The third-order valence-corrected chi connectivity index (χ3v) is 2.92. The van der Waals surface area contributed by atoms with E-state index in [4.69, 9.17) is 0 Å². The van der Waals surface area contributed by atoms with Crippen LogP contribution in [0.1, 0.15) is 0 Å². The van der Waals surface area contributed by atoms with Crippen LogP contribution in [0.15, 0.2) is 48.5 Å². The van der Waals surface area contributed by atoms with E-state index in [1.807, 2.05) is 48.0 Å². The average Bonchev–Trinajstić information content (AvgIpc) is 2.68. The van der Waals surface area contributed by atoms with Crippen molar-refractivity contribution in [3.8, 4) is 17.1 Å². The standard InChI is InChI=1S/C14H12N2O/c1-16-12-8-4-3-7-11(12)15-14(16)10-6-2-5-9-13(10)17/h2-9,17H,1H3/p-1. The lowest BCUT2D eigenvalue weighted by Crippen LogP contribution is -1.97. The van der Waals surface area contributed by atoms with Crippen LogP contribution >= 0.6 is 0 Å². The number of nitrogens with zero attached hydrogens (tertiary/aromatic N) is 2. The Labute approximate surface area is 99.0 Å². The first kappa shape index (κ1) is 9.90. The van der Waals surface area contributed by atoms with Crippen LogP contribution in [0.4, 0.5) is 0 Å². The molecule has 2 aromatic carbocycles. The molecule has 0 fully saturated rings. The van der Waals surface area contributed by atoms with Gasteiger partial charge in [-0.15, -0.1) is 0 Å². The van der Waals surface area contributed by atoms with Crippen LogP contribution in [0, 0.1) is 0 Å². The van der Waals surface area contributed by atoms with Gasteiger partial charge in [0.15, 0.2) is 0 Å². The van der Waals surface area contributed by atoms with Crippen LogP contribution in [0.2, 0.25) is 0 Å². The van der Waals surface area contributed by atoms with Gasteiger partial charge in [0.2, 0.25) is 0 Å². The summed E-state index contributed by atoms with van der Waals surface area (Å²) in [6.45, 7) is 0. The van der Waals surface area contributed by atoms with Crippen LogP contribution < -0.4 is 5.11 Å². The zero-order valence-corrected chi connectivity index (χ0v) is 9.42. The molecule has 84 valence electrons. The summed E-state index contributed by atoms with van der Waals surface area (Å²) in [7, 11) is 1.93. The molecule has 3 rings (SSSR count). The molecule has 1 heterocycles. The zero-order valence-electron chi connectivity index (χ0n) is 9.42. The smallest absolute Gasteiger partial charge is 0.140 e. The molecule has 1 aromatic heterocycles. The minimum Gasteiger partial charge on any atom is -0.872 e. The molecule has 3 heteroatoms. The lowest BCUT2D eigenvalue weighted by atomic mass is 10.2. The number of fused-ring (bicyclic) bond motifs is 1. The monoisotopic (exact) mass is 223 g/mol. The lowest BCUT2D eigenvalue weighted by Gasteiger charge is -2.12. The molecule has 0 atom stereocenters. The van der Waals surface area contributed by atoms with Gasteiger partial charge in [-0.2, -0.15) is 0 Å². The molecule has 3 aromatic rings. The SMILES string of the molecule is Cn1c(-c2ccccc2[O-])nc2ccccc21. The zero-order chi connectivity index (χ0) is 11.8. The third-order valence-electron chi connectivity index (χ3n) is 2.92. The normalized spacial score (nSPS) is 10.9. The predicted octanol–water partition coefficient (Wildman–Crippen LogP) is 2.31. The molecule has 0 aliphatic carbocycles. The van der Waals surface area contributed by atoms with Crippen molar-refractivity contribution in [3.63, 3.8) is 0 Å². The maximum atomic E-state index is 11.8. The number of imidazole rings is 1. The van der Waals surface area contributed by atoms with Gasteiger partial charge in [-0.1, -0.05) is 42.1 Å². The van der Waals surface area contributed by atoms with E-state index < -0.39 is 0 Å². The maximum absolute atomic E-state index is 11.8. The van der Waals surface area contributed by atoms with Crippen molar-refractivity contribution in [3.05, 3.63) is 48.5 Å². The first-order chi connectivity index (χ1) is 8.27. The van der Waals surface area contributed by atoms with Gasteiger partial charge in [-0.05, 0) is 12.1 Å². The first-order valence-electron chi connectivity index (χ1n) is 5.45. The number of para-hydroxylation sites is 3. The number of hydrogen-bond acceptors (Lipinski definition) is 2. The summed E-state index contributed by atoms with van der Waals surface area (Å²) in [5.41, 5.74) is 2.59. The Hall–Kier alpha value is -2.29. The fraction of sp³-hybridized carbons (Fsp3) is 0.0714. The molecule has 0 spiro atoms. The van der Waals surface area contributed by atoms with Gasteiger partial charge in [0.25, 0.3) is 0 Å². The predicted molar refractivity (Wildman–Crippen MR) is 65.6 cm³/mol. The molecule has 3 nitrogen and oxygen atoms in total. The Balaban J connectivity index is 2.32. The summed E-state index contributed by atoms with van der Waals surface area (Å²) >= 11 is 0. The molecule has 0 radical (unpaired) electrons. The van der Waals surface area contributed by atoms with Gasteiger partial charge in [-0.3, -0.25) is 0 Å². The molecule has 0 N–H and O–H groups in total. The highest BCUT2D eigenvalue weighted by Crippen LogP contribution is 2.28. The summed E-state index contributed by atoms with van der Waals surface area (Å²) in [6.07, 6.45) is 0. The highest BCUT2D eigenvalue weighted by atomic mass is 16.3. The molecule has 0 aliphatic heterocycles. The highest BCUT2D eigenvalue weighted by Gasteiger charge is 2.08. The fourth-order valence-electron chi connectivity index (χ4n) is 2.04. The Morgan fingerprint density at radius 3 is 2.47 bits per heavy atom. The van der Waals surface area contributed by atoms with Gasteiger partial charge < -0.3 is 9.67 Å². The maximum Gasteiger partial charge on any atom is 0.140 e. The van der Waals surface area contributed by atoms with Gasteiger partial charge >= 0.3 is 0 Å². The van der Waals surface area contributed by atoms with E-state index in [-0.39, 0.29) is 5.75 Å². The second kappa shape index (κ2) is 3.63. The van der Waals surface area contributed by atoms with E-state index in [2.05, 4.69) is 4.98 Å². The molecule has 0 bridgehead atoms. The molecular weight excluding hydrogens is 212 g/mol. The summed E-state index contributed by atoms with van der Waals surface area (Å²) in [6, 6.07) is 14.8. The Bertz CT molecular complexity index is 686. The highest BCUT2D eigenvalue weighted by molar-refractivity contribution is 5.81. The first-order valence-corrected chi connectivity index (χ1v) is 5.45. The van der Waals surface area contributed by atoms with E-state index in [0.29, 0.717) is 5.56 Å². The van der Waals surface area contributed by atoms with Gasteiger partial charge in [0.05, 0.1) is 11.0 Å². The van der Waals surface area contributed by atoms with Gasteiger partial charge in [-0.25, -0.2) is 4.98 Å². The summed E-state index contributed by atoms with van der Waals surface area (Å²) in [5.74, 6) is 0.725. The molecule has 0 saturated carbocycles. The van der Waals surface area contributed by atoms with E-state index in [0.717, 1.165) is 16.9 Å². The van der Waals surface area contributed by atoms with Crippen molar-refractivity contribution in [1.29, 1.82) is 0 Å². The number of aryl methyl sites for hydroxylation is 1. The van der Waals surface area contributed by atoms with Gasteiger partial charge in [0, 0.05) is 12.6 Å². The molecular formula is C14H11N2O-. The molecule has 0 unspecified atom stereocenters. The van der Waals surface area contributed by atoms with Crippen LogP contribution in [0.5, 0.6) is 5.75 Å². The number of rotatable bonds is 1. The molecule has 0 amide bonds. The van der Waals surface area contributed by atoms with Crippen molar-refractivity contribution in [2.45, 2.75) is 0 Å². The second-order valence-corrected chi connectivity index (χ2v) is 3.98. The Morgan fingerprint density at radius 2 is 1.71 bits per heavy atom. The van der Waals surface area contributed by atoms with Crippen LogP contribution in [0.3, 0.4) is 0 Å². The Kier molecular flexibility index (Phi) is 2.11. The fourth-order valence-corrected chi connectivity index (χ4v) is 2.04. The van der Waals surface area contributed by atoms with E-state index >= 15 is 0 Å². The number of hydrogen-bond donors (Lipinski definition) is 0. The van der Waals surface area contributed by atoms with E-state index in [1.54, 1.807) is 12.1 Å². The van der Waals surface area contributed by atoms with Crippen molar-refractivity contribution in [2.75, 3.05) is 0 Å². The van der Waals surface area contributed by atoms with Gasteiger partial charge in [0.1, 0.15) is 5.82 Å². The third kappa shape index (κ3) is 1.47. The van der Waals surface area contributed by atoms with Crippen molar-refractivity contribution in [1.82, 2.24) is 9.55 Å². The molecule has 0 saturated heterocycles. The Morgan fingerprint density at radius 1 is 1.00 bits per heavy atom. The molecule has 17 heavy (non-hydrogen) atoms. The van der Waals surface area contributed by atoms with Crippen molar-refractivity contribution < 1.29 is 5.11 Å². The van der Waals surface area contributed by atoms with Crippen molar-refractivity contribution in [2.24, 2.45) is 7.05 Å². The van der Waals surface area contributed by atoms with Crippen LogP contribution in [0.25, 0.3) is 22.4 Å². The topological polar surface area (TPSA) is 40.9 Å². The van der Waals surface area contributed by atoms with Crippen LogP contribution in [-0.4, -0.2) is 9.55 Å². The van der Waals surface area contributed by atoms with E-state index in [1.165, 1.54) is 0 Å². The summed E-state index contributed by atoms with van der Waals surface area (Å²) < 4.78 is 1.95. The van der Waals surface area contributed by atoms with E-state index in [9.17, 15) is 5.11 Å². The minimum absolute atomic E-state index is 0.00547. The largest absolute Gasteiger partial charge is 0.872 e. The average molecular weight is 223 g/mol. The quantitative estimate of drug-likeness (QED) is 0.635. The number of aromatic nitrogens is 2. The van der Waals surface area contributed by atoms with Crippen molar-refractivity contribution >= 4 is 11.0 Å². The lowest BCUT2D eigenvalue weighted by molar-refractivity contribution is -0.267. The minimum atomic E-state index is 0.00547. The van der Waals surface area contributed by atoms with Crippen LogP contribution in [-0.2, 0) is 7.05 Å². The second-order valence-electron chi connectivity index (χ2n) is 3.98. The summed E-state index contributed by atoms with van der Waals surface area (Å²) in [4.78, 5) is 4.51. The number of benzene rings is 2. The molecule has 0 aliphatic rings.